The lowest BCUT2D eigenvalue weighted by molar-refractivity contribution is -0.136. The zero-order chi connectivity index (χ0) is 21.6. The second-order valence-electron chi connectivity index (χ2n) is 7.22. The predicted octanol–water partition coefficient (Wildman–Crippen LogP) is 4.01. The van der Waals surface area contributed by atoms with E-state index in [1.165, 1.54) is 11.3 Å². The van der Waals surface area contributed by atoms with Crippen molar-refractivity contribution in [3.05, 3.63) is 76.5 Å². The average Bonchev–Trinajstić information content (AvgIpc) is 3.46. The zero-order valence-electron chi connectivity index (χ0n) is 17.3. The molecule has 1 unspecified atom stereocenters. The van der Waals surface area contributed by atoms with Crippen molar-refractivity contribution in [3.8, 4) is 5.75 Å². The number of carbonyl (C=O) groups excluding carboxylic acids is 2. The van der Waals surface area contributed by atoms with E-state index in [2.05, 4.69) is 39.8 Å². The SMILES string of the molecule is CCOc1ccc(NC(=O)C(=O)NCC(c2cccs2)N2CCc3ccccc32)cc1. The summed E-state index contributed by atoms with van der Waals surface area (Å²) in [5, 5.41) is 7.49. The highest BCUT2D eigenvalue weighted by Crippen LogP contribution is 2.36. The molecular formula is C24H25N3O3S. The molecule has 1 atom stereocenters. The van der Waals surface area contributed by atoms with Crippen molar-refractivity contribution in [2.24, 2.45) is 0 Å². The third-order valence-corrected chi connectivity index (χ3v) is 6.23. The van der Waals surface area contributed by atoms with Gasteiger partial charge in [0.2, 0.25) is 0 Å². The molecule has 0 saturated carbocycles. The third kappa shape index (κ3) is 4.88. The monoisotopic (exact) mass is 435 g/mol. The van der Waals surface area contributed by atoms with Crippen LogP contribution in [0.15, 0.2) is 66.0 Å². The van der Waals surface area contributed by atoms with Crippen LogP contribution < -0.4 is 20.3 Å². The molecule has 0 spiro atoms. The molecule has 0 aliphatic carbocycles. The van der Waals surface area contributed by atoms with E-state index in [0.717, 1.165) is 23.6 Å². The van der Waals surface area contributed by atoms with Gasteiger partial charge in [-0.25, -0.2) is 0 Å². The van der Waals surface area contributed by atoms with Crippen LogP contribution in [-0.2, 0) is 16.0 Å². The smallest absolute Gasteiger partial charge is 0.313 e. The summed E-state index contributed by atoms with van der Waals surface area (Å²) in [6.07, 6.45) is 0.976. The quantitative estimate of drug-likeness (QED) is 0.550. The van der Waals surface area contributed by atoms with Crippen LogP contribution in [0, 0.1) is 0 Å². The molecule has 2 heterocycles. The number of ether oxygens (including phenoxy) is 1. The van der Waals surface area contributed by atoms with Crippen LogP contribution in [0.2, 0.25) is 0 Å². The Morgan fingerprint density at radius 3 is 2.61 bits per heavy atom. The number of carbonyl (C=O) groups is 2. The molecule has 31 heavy (non-hydrogen) atoms. The summed E-state index contributed by atoms with van der Waals surface area (Å²) in [5.74, 6) is -0.617. The van der Waals surface area contributed by atoms with E-state index in [4.69, 9.17) is 4.74 Å². The molecule has 4 rings (SSSR count). The fraction of sp³-hybridized carbons (Fsp3) is 0.250. The van der Waals surface area contributed by atoms with Crippen molar-refractivity contribution in [3.63, 3.8) is 0 Å². The van der Waals surface area contributed by atoms with Crippen molar-refractivity contribution in [1.82, 2.24) is 5.32 Å². The highest BCUT2D eigenvalue weighted by atomic mass is 32.1. The Labute approximate surface area is 185 Å². The first-order valence-electron chi connectivity index (χ1n) is 10.4. The highest BCUT2D eigenvalue weighted by Gasteiger charge is 2.28. The first kappa shape index (κ1) is 20.9. The normalized spacial score (nSPS) is 13.4. The van der Waals surface area contributed by atoms with Crippen molar-refractivity contribution in [2.75, 3.05) is 29.9 Å². The van der Waals surface area contributed by atoms with Gasteiger partial charge in [0.25, 0.3) is 0 Å². The lowest BCUT2D eigenvalue weighted by Gasteiger charge is -2.30. The minimum absolute atomic E-state index is 0.0223. The zero-order valence-corrected chi connectivity index (χ0v) is 18.2. The molecule has 7 heteroatoms. The predicted molar refractivity (Wildman–Crippen MR) is 124 cm³/mol. The number of benzene rings is 2. The molecule has 0 bridgehead atoms. The number of thiophene rings is 1. The molecule has 0 saturated heterocycles. The summed E-state index contributed by atoms with van der Waals surface area (Å²) in [5.41, 5.74) is 3.05. The van der Waals surface area contributed by atoms with Gasteiger partial charge >= 0.3 is 11.8 Å². The van der Waals surface area contributed by atoms with Gasteiger partial charge in [-0.05, 0) is 60.7 Å². The highest BCUT2D eigenvalue weighted by molar-refractivity contribution is 7.10. The third-order valence-electron chi connectivity index (χ3n) is 5.26. The van der Waals surface area contributed by atoms with Crippen LogP contribution in [0.1, 0.15) is 23.4 Å². The van der Waals surface area contributed by atoms with E-state index in [9.17, 15) is 9.59 Å². The molecule has 0 fully saturated rings. The number of para-hydroxylation sites is 1. The standard InChI is InChI=1S/C24H25N3O3S/c1-2-30-19-11-9-18(10-12-19)26-24(29)23(28)25-16-21(22-8-5-15-31-22)27-14-13-17-6-3-4-7-20(17)27/h3-12,15,21H,2,13-14,16H2,1H3,(H,25,28)(H,26,29). The first-order chi connectivity index (χ1) is 15.2. The largest absolute Gasteiger partial charge is 0.494 e. The maximum absolute atomic E-state index is 12.5. The number of rotatable bonds is 7. The Bertz CT molecular complexity index is 1030. The van der Waals surface area contributed by atoms with Gasteiger partial charge in [-0.3, -0.25) is 9.59 Å². The van der Waals surface area contributed by atoms with Gasteiger partial charge in [0.05, 0.1) is 12.6 Å². The summed E-state index contributed by atoms with van der Waals surface area (Å²) >= 11 is 1.66. The number of nitrogens with zero attached hydrogens (tertiary/aromatic N) is 1. The molecule has 3 aromatic rings. The van der Waals surface area contributed by atoms with Gasteiger partial charge in [0.1, 0.15) is 5.75 Å². The lowest BCUT2D eigenvalue weighted by atomic mass is 10.1. The molecule has 0 radical (unpaired) electrons. The molecule has 6 nitrogen and oxygen atoms in total. The van der Waals surface area contributed by atoms with Crippen LogP contribution in [0.5, 0.6) is 5.75 Å². The topological polar surface area (TPSA) is 70.7 Å². The summed E-state index contributed by atoms with van der Waals surface area (Å²) in [7, 11) is 0. The van der Waals surface area contributed by atoms with Gasteiger partial charge in [-0.1, -0.05) is 24.3 Å². The maximum atomic E-state index is 12.5. The van der Waals surface area contributed by atoms with E-state index in [0.29, 0.717) is 18.8 Å². The maximum Gasteiger partial charge on any atom is 0.313 e. The Balaban J connectivity index is 1.40. The Hall–Kier alpha value is -3.32. The molecule has 2 N–H and O–H groups in total. The second kappa shape index (κ2) is 9.66. The van der Waals surface area contributed by atoms with Crippen LogP contribution >= 0.6 is 11.3 Å². The molecule has 2 aromatic carbocycles. The number of hydrogen-bond donors (Lipinski definition) is 2. The fourth-order valence-electron chi connectivity index (χ4n) is 3.79. The van der Waals surface area contributed by atoms with Crippen LogP contribution in [-0.4, -0.2) is 31.5 Å². The molecule has 1 aliphatic heterocycles. The lowest BCUT2D eigenvalue weighted by Crippen LogP contribution is -2.41. The number of nitrogens with one attached hydrogen (secondary N) is 2. The van der Waals surface area contributed by atoms with Gasteiger partial charge < -0.3 is 20.3 Å². The van der Waals surface area contributed by atoms with Crippen molar-refractivity contribution in [1.29, 1.82) is 0 Å². The van der Waals surface area contributed by atoms with E-state index in [-0.39, 0.29) is 6.04 Å². The molecular weight excluding hydrogens is 410 g/mol. The van der Waals surface area contributed by atoms with Gasteiger partial charge in [-0.15, -0.1) is 11.3 Å². The first-order valence-corrected chi connectivity index (χ1v) is 11.2. The molecule has 1 aromatic heterocycles. The van der Waals surface area contributed by atoms with Gasteiger partial charge in [-0.2, -0.15) is 0 Å². The summed E-state index contributed by atoms with van der Waals surface area (Å²) in [6, 6.07) is 19.3. The van der Waals surface area contributed by atoms with E-state index in [1.54, 1.807) is 35.6 Å². The second-order valence-corrected chi connectivity index (χ2v) is 8.20. The Morgan fingerprint density at radius 1 is 1.06 bits per heavy atom. The average molecular weight is 436 g/mol. The number of anilines is 2. The summed E-state index contributed by atoms with van der Waals surface area (Å²) in [6.45, 7) is 3.71. The Kier molecular flexibility index (Phi) is 6.52. The van der Waals surface area contributed by atoms with Crippen LogP contribution in [0.4, 0.5) is 11.4 Å². The molecule has 160 valence electrons. The minimum atomic E-state index is -0.684. The van der Waals surface area contributed by atoms with Gasteiger partial charge in [0.15, 0.2) is 0 Å². The Morgan fingerprint density at radius 2 is 1.87 bits per heavy atom. The van der Waals surface area contributed by atoms with Crippen LogP contribution in [0.25, 0.3) is 0 Å². The van der Waals surface area contributed by atoms with Crippen molar-refractivity contribution >= 4 is 34.5 Å². The molecule has 2 amide bonds. The van der Waals surface area contributed by atoms with Crippen molar-refractivity contribution in [2.45, 2.75) is 19.4 Å². The summed E-state index contributed by atoms with van der Waals surface area (Å²) in [4.78, 5) is 28.3. The van der Waals surface area contributed by atoms with Crippen LogP contribution in [0.3, 0.4) is 0 Å². The van der Waals surface area contributed by atoms with E-state index in [1.807, 2.05) is 24.4 Å². The van der Waals surface area contributed by atoms with Gasteiger partial charge in [0, 0.05) is 29.3 Å². The number of fused-ring (bicyclic) bond motifs is 1. The number of amides is 2. The fourth-order valence-corrected chi connectivity index (χ4v) is 4.63. The molecule has 1 aliphatic rings. The number of hydrogen-bond acceptors (Lipinski definition) is 5. The van der Waals surface area contributed by atoms with E-state index < -0.39 is 11.8 Å². The minimum Gasteiger partial charge on any atom is -0.494 e. The summed E-state index contributed by atoms with van der Waals surface area (Å²) < 4.78 is 5.39. The van der Waals surface area contributed by atoms with E-state index >= 15 is 0 Å². The van der Waals surface area contributed by atoms with Crippen molar-refractivity contribution < 1.29 is 14.3 Å².